The third kappa shape index (κ3) is 4.37. The Bertz CT molecular complexity index is 313. The molecule has 0 bridgehead atoms. The van der Waals surface area contributed by atoms with E-state index in [4.69, 9.17) is 14.7 Å². The number of methoxy groups -OCH3 is 1. The molecule has 0 heterocycles. The molecule has 0 atom stereocenters. The van der Waals surface area contributed by atoms with Crippen molar-refractivity contribution in [3.8, 4) is 17.6 Å². The smallest absolute Gasteiger partial charge is 0.119 e. The van der Waals surface area contributed by atoms with Gasteiger partial charge < -0.3 is 9.47 Å². The lowest BCUT2D eigenvalue weighted by Gasteiger charge is -2.05. The molecular formula is C12H15NO2. The van der Waals surface area contributed by atoms with Crippen molar-refractivity contribution in [2.45, 2.75) is 19.3 Å². The Hall–Kier alpha value is -1.69. The molecule has 0 aromatic heterocycles. The van der Waals surface area contributed by atoms with Crippen LogP contribution in [0.25, 0.3) is 0 Å². The quantitative estimate of drug-likeness (QED) is 0.531. The maximum absolute atomic E-state index is 8.34. The molecule has 1 rings (SSSR count). The summed E-state index contributed by atoms with van der Waals surface area (Å²) in [5, 5.41) is 8.34. The zero-order valence-corrected chi connectivity index (χ0v) is 8.90. The zero-order valence-electron chi connectivity index (χ0n) is 8.90. The van der Waals surface area contributed by atoms with Crippen molar-refractivity contribution >= 4 is 0 Å². The number of unbranched alkanes of at least 4 members (excludes halogenated alkanes) is 2. The van der Waals surface area contributed by atoms with Gasteiger partial charge in [0.2, 0.25) is 0 Å². The van der Waals surface area contributed by atoms with Gasteiger partial charge in [-0.2, -0.15) is 5.26 Å². The molecule has 0 saturated heterocycles. The van der Waals surface area contributed by atoms with E-state index in [0.29, 0.717) is 13.0 Å². The highest BCUT2D eigenvalue weighted by molar-refractivity contribution is 5.31. The van der Waals surface area contributed by atoms with Gasteiger partial charge in [-0.25, -0.2) is 0 Å². The normalized spacial score (nSPS) is 9.33. The van der Waals surface area contributed by atoms with Crippen LogP contribution in [0.15, 0.2) is 24.3 Å². The van der Waals surface area contributed by atoms with Crippen molar-refractivity contribution in [1.82, 2.24) is 0 Å². The summed E-state index contributed by atoms with van der Waals surface area (Å²) in [5.41, 5.74) is 0. The van der Waals surface area contributed by atoms with Gasteiger partial charge in [-0.15, -0.1) is 0 Å². The maximum Gasteiger partial charge on any atom is 0.119 e. The molecule has 1 aromatic carbocycles. The van der Waals surface area contributed by atoms with E-state index in [1.165, 1.54) is 0 Å². The summed E-state index contributed by atoms with van der Waals surface area (Å²) < 4.78 is 10.5. The predicted molar refractivity (Wildman–Crippen MR) is 58.0 cm³/mol. The monoisotopic (exact) mass is 206 g/mol. The van der Waals surface area contributed by atoms with Crippen LogP contribution in [0.2, 0.25) is 0 Å². The van der Waals surface area contributed by atoms with E-state index in [9.17, 15) is 0 Å². The van der Waals surface area contributed by atoms with Crippen LogP contribution >= 0.6 is 0 Å². The lowest BCUT2D eigenvalue weighted by molar-refractivity contribution is 0.307. The first kappa shape index (κ1) is 11.4. The summed E-state index contributed by atoms with van der Waals surface area (Å²) in [4.78, 5) is 0. The highest BCUT2D eigenvalue weighted by Gasteiger charge is 1.94. The molecule has 3 nitrogen and oxygen atoms in total. The Balaban J connectivity index is 2.23. The Morgan fingerprint density at radius 2 is 1.80 bits per heavy atom. The van der Waals surface area contributed by atoms with Crippen LogP contribution in [0, 0.1) is 11.3 Å². The number of benzene rings is 1. The standard InChI is InChI=1S/C12H15NO2/c1-14-11-5-7-12(8-6-11)15-10-4-2-3-9-13/h5-8H,2-4,10H2,1H3/i9+1. The first-order valence-corrected chi connectivity index (χ1v) is 5.00. The molecule has 0 saturated carbocycles. The van der Waals surface area contributed by atoms with Crippen LogP contribution in [0.5, 0.6) is 11.5 Å². The summed E-state index contributed by atoms with van der Waals surface area (Å²) in [5.74, 6) is 1.67. The first-order valence-electron chi connectivity index (χ1n) is 5.00. The fraction of sp³-hybridized carbons (Fsp3) is 0.417. The number of nitriles is 1. The van der Waals surface area contributed by atoms with Crippen molar-refractivity contribution in [2.24, 2.45) is 0 Å². The molecule has 0 aliphatic rings. The third-order valence-electron chi connectivity index (χ3n) is 2.01. The van der Waals surface area contributed by atoms with Crippen molar-refractivity contribution < 1.29 is 9.47 Å². The van der Waals surface area contributed by atoms with Gasteiger partial charge in [-0.3, -0.25) is 0 Å². The topological polar surface area (TPSA) is 42.2 Å². The third-order valence-corrected chi connectivity index (χ3v) is 2.01. The van der Waals surface area contributed by atoms with Crippen LogP contribution in [-0.4, -0.2) is 13.7 Å². The van der Waals surface area contributed by atoms with E-state index >= 15 is 0 Å². The van der Waals surface area contributed by atoms with Crippen molar-refractivity contribution in [1.29, 1.82) is 5.26 Å². The van der Waals surface area contributed by atoms with Crippen LogP contribution in [-0.2, 0) is 0 Å². The molecule has 3 heteroatoms. The predicted octanol–water partition coefficient (Wildman–Crippen LogP) is 2.77. The molecule has 80 valence electrons. The number of rotatable bonds is 6. The highest BCUT2D eigenvalue weighted by atomic mass is 16.5. The summed E-state index contributed by atoms with van der Waals surface area (Å²) >= 11 is 0. The number of ether oxygens (including phenoxy) is 2. The van der Waals surface area contributed by atoms with Crippen LogP contribution in [0.4, 0.5) is 0 Å². The molecule has 0 aliphatic carbocycles. The summed E-state index contributed by atoms with van der Waals surface area (Å²) in [6, 6.07) is 9.60. The van der Waals surface area contributed by atoms with Crippen molar-refractivity contribution in [3.05, 3.63) is 24.3 Å². The van der Waals surface area contributed by atoms with Gasteiger partial charge in [0.15, 0.2) is 0 Å². The molecule has 15 heavy (non-hydrogen) atoms. The highest BCUT2D eigenvalue weighted by Crippen LogP contribution is 2.17. The second-order valence-electron chi connectivity index (χ2n) is 3.14. The Morgan fingerprint density at radius 3 is 2.40 bits per heavy atom. The molecule has 0 amide bonds. The fourth-order valence-electron chi connectivity index (χ4n) is 1.17. The number of hydrogen-bond acceptors (Lipinski definition) is 3. The Labute approximate surface area is 90.2 Å². The number of hydrogen-bond donors (Lipinski definition) is 0. The molecule has 1 aromatic rings. The van der Waals surface area contributed by atoms with E-state index in [-0.39, 0.29) is 0 Å². The van der Waals surface area contributed by atoms with Crippen LogP contribution in [0.3, 0.4) is 0 Å². The Morgan fingerprint density at radius 1 is 1.13 bits per heavy atom. The van der Waals surface area contributed by atoms with Crippen LogP contribution < -0.4 is 9.47 Å². The lowest BCUT2D eigenvalue weighted by Crippen LogP contribution is -1.96. The first-order chi connectivity index (χ1) is 7.36. The minimum atomic E-state index is 0.603. The van der Waals surface area contributed by atoms with Crippen LogP contribution in [0.1, 0.15) is 19.3 Å². The van der Waals surface area contributed by atoms with E-state index in [0.717, 1.165) is 24.3 Å². The second-order valence-corrected chi connectivity index (χ2v) is 3.14. The van der Waals surface area contributed by atoms with E-state index in [1.54, 1.807) is 7.11 Å². The molecule has 0 aliphatic heterocycles. The minimum absolute atomic E-state index is 0.603. The fourth-order valence-corrected chi connectivity index (χ4v) is 1.17. The average molecular weight is 206 g/mol. The van der Waals surface area contributed by atoms with Crippen molar-refractivity contribution in [2.75, 3.05) is 13.7 Å². The SMILES string of the molecule is COc1ccc(OCCCC[13C]#N)cc1. The second kappa shape index (κ2) is 6.72. The van der Waals surface area contributed by atoms with Gasteiger partial charge in [0.05, 0.1) is 19.8 Å². The molecule has 0 fully saturated rings. The van der Waals surface area contributed by atoms with E-state index in [2.05, 4.69) is 6.07 Å². The molecule has 0 spiro atoms. The molecule has 0 N–H and O–H groups in total. The largest absolute Gasteiger partial charge is 0.497 e. The van der Waals surface area contributed by atoms with Gasteiger partial charge in [-0.1, -0.05) is 0 Å². The van der Waals surface area contributed by atoms with Gasteiger partial charge in [-0.05, 0) is 37.1 Å². The molecular weight excluding hydrogens is 191 g/mol. The van der Waals surface area contributed by atoms with Gasteiger partial charge >= 0.3 is 0 Å². The van der Waals surface area contributed by atoms with Gasteiger partial charge in [0, 0.05) is 6.42 Å². The van der Waals surface area contributed by atoms with Gasteiger partial charge in [0.25, 0.3) is 0 Å². The summed E-state index contributed by atoms with van der Waals surface area (Å²) in [6.45, 7) is 0.661. The zero-order chi connectivity index (χ0) is 10.9. The lowest BCUT2D eigenvalue weighted by atomic mass is 10.3. The maximum atomic E-state index is 8.34. The summed E-state index contributed by atoms with van der Waals surface area (Å²) in [6.07, 6.45) is 2.41. The summed E-state index contributed by atoms with van der Waals surface area (Å²) in [7, 11) is 1.64. The van der Waals surface area contributed by atoms with Crippen molar-refractivity contribution in [3.63, 3.8) is 0 Å². The number of nitrogens with zero attached hydrogens (tertiary/aromatic N) is 1. The minimum Gasteiger partial charge on any atom is -0.497 e. The molecule has 0 unspecified atom stereocenters. The van der Waals surface area contributed by atoms with E-state index < -0.39 is 0 Å². The van der Waals surface area contributed by atoms with Gasteiger partial charge in [0.1, 0.15) is 11.5 Å². The van der Waals surface area contributed by atoms with E-state index in [1.807, 2.05) is 24.3 Å². The Kier molecular flexibility index (Phi) is 5.10. The average Bonchev–Trinajstić information content (AvgIpc) is 2.30. The molecule has 0 radical (unpaired) electrons.